The molecule has 0 aliphatic carbocycles. The number of aromatic nitrogens is 1. The van der Waals surface area contributed by atoms with E-state index in [9.17, 15) is 20.0 Å². The second-order valence-electron chi connectivity index (χ2n) is 4.96. The largest absolute Gasteiger partial charge is 0.500 e. The molecule has 0 bridgehead atoms. The van der Waals surface area contributed by atoms with Gasteiger partial charge < -0.3 is 9.84 Å². The molecule has 0 fully saturated rings. The Hall–Kier alpha value is -3.49. The molecular weight excluding hydrogens is 328 g/mol. The van der Waals surface area contributed by atoms with Crippen LogP contribution in [0.25, 0.3) is 0 Å². The first-order valence-electron chi connectivity index (χ1n) is 7.32. The minimum atomic E-state index is -0.730. The molecule has 1 aromatic carbocycles. The van der Waals surface area contributed by atoms with E-state index in [0.29, 0.717) is 5.56 Å². The average Bonchev–Trinajstić information content (AvgIpc) is 2.58. The number of pyridine rings is 1. The van der Waals surface area contributed by atoms with Crippen molar-refractivity contribution in [2.75, 3.05) is 6.61 Å². The third kappa shape index (κ3) is 4.50. The zero-order valence-corrected chi connectivity index (χ0v) is 13.6. The Kier molecular flexibility index (Phi) is 5.62. The summed E-state index contributed by atoms with van der Waals surface area (Å²) in [4.78, 5) is 26.2. The predicted octanol–water partition coefficient (Wildman–Crippen LogP) is 2.17. The van der Waals surface area contributed by atoms with Gasteiger partial charge in [-0.3, -0.25) is 19.9 Å². The summed E-state index contributed by atoms with van der Waals surface area (Å²) in [6.45, 7) is 3.71. The maximum absolute atomic E-state index is 11.9. The van der Waals surface area contributed by atoms with Crippen LogP contribution < -0.4 is 10.2 Å². The lowest BCUT2D eigenvalue weighted by atomic mass is 10.2. The van der Waals surface area contributed by atoms with Crippen LogP contribution in [-0.2, 0) is 0 Å². The Morgan fingerprint density at radius 2 is 2.24 bits per heavy atom. The Labute approximate surface area is 143 Å². The standard InChI is InChI=1S/C16H16N4O5/c1-3-25-14-7-11(6-13(15(14)21)20(23)24)8-18-19-16(22)12-5-4-10(2)17-9-12/h4-9,21H,3H2,1-2H3,(H,19,22)/b18-8-. The van der Waals surface area contributed by atoms with E-state index in [-0.39, 0.29) is 17.9 Å². The zero-order chi connectivity index (χ0) is 18.4. The molecule has 2 N–H and O–H groups in total. The summed E-state index contributed by atoms with van der Waals surface area (Å²) in [6.07, 6.45) is 2.63. The van der Waals surface area contributed by atoms with Crippen LogP contribution in [0.2, 0.25) is 0 Å². The van der Waals surface area contributed by atoms with Crippen molar-refractivity contribution in [3.63, 3.8) is 0 Å². The molecule has 0 radical (unpaired) electrons. The number of phenolic OH excluding ortho intramolecular Hbond substituents is 1. The van der Waals surface area contributed by atoms with Crippen molar-refractivity contribution >= 4 is 17.8 Å². The Morgan fingerprint density at radius 1 is 1.48 bits per heavy atom. The lowest BCUT2D eigenvalue weighted by Gasteiger charge is -2.07. The second-order valence-corrected chi connectivity index (χ2v) is 4.96. The van der Waals surface area contributed by atoms with Gasteiger partial charge in [-0.2, -0.15) is 5.10 Å². The number of hydrogen-bond acceptors (Lipinski definition) is 7. The zero-order valence-electron chi connectivity index (χ0n) is 13.6. The number of hydrogen-bond donors (Lipinski definition) is 2. The van der Waals surface area contributed by atoms with Crippen molar-refractivity contribution in [2.45, 2.75) is 13.8 Å². The molecule has 0 aliphatic heterocycles. The number of nitro benzene ring substituents is 1. The van der Waals surface area contributed by atoms with Crippen LogP contribution in [0.4, 0.5) is 5.69 Å². The number of aromatic hydroxyl groups is 1. The SMILES string of the molecule is CCOc1cc(/C=N\NC(=O)c2ccc(C)nc2)cc([N+](=O)[O-])c1O. The first kappa shape index (κ1) is 17.9. The van der Waals surface area contributed by atoms with Crippen molar-refractivity contribution in [3.05, 3.63) is 57.4 Å². The van der Waals surface area contributed by atoms with Gasteiger partial charge in [0.15, 0.2) is 5.75 Å². The predicted molar refractivity (Wildman–Crippen MR) is 90.0 cm³/mol. The number of aryl methyl sites for hydroxylation is 1. The van der Waals surface area contributed by atoms with E-state index in [1.807, 2.05) is 0 Å². The minimum absolute atomic E-state index is 0.0350. The third-order valence-corrected chi connectivity index (χ3v) is 3.13. The average molecular weight is 344 g/mol. The lowest BCUT2D eigenvalue weighted by Crippen LogP contribution is -2.17. The summed E-state index contributed by atoms with van der Waals surface area (Å²) in [7, 11) is 0. The number of nitrogens with one attached hydrogen (secondary N) is 1. The third-order valence-electron chi connectivity index (χ3n) is 3.13. The minimum Gasteiger partial charge on any atom is -0.500 e. The fourth-order valence-corrected chi connectivity index (χ4v) is 1.93. The number of carbonyl (C=O) groups is 1. The number of carbonyl (C=O) groups excluding carboxylic acids is 1. The fraction of sp³-hybridized carbons (Fsp3) is 0.188. The quantitative estimate of drug-likeness (QED) is 0.470. The van der Waals surface area contributed by atoms with E-state index in [2.05, 4.69) is 15.5 Å². The molecule has 9 nitrogen and oxygen atoms in total. The van der Waals surface area contributed by atoms with E-state index < -0.39 is 22.3 Å². The van der Waals surface area contributed by atoms with E-state index in [4.69, 9.17) is 4.74 Å². The Balaban J connectivity index is 2.18. The van der Waals surface area contributed by atoms with Crippen molar-refractivity contribution in [3.8, 4) is 11.5 Å². The molecular formula is C16H16N4O5. The molecule has 0 atom stereocenters. The van der Waals surface area contributed by atoms with Gasteiger partial charge in [-0.25, -0.2) is 5.43 Å². The smallest absolute Gasteiger partial charge is 0.315 e. The molecule has 0 saturated heterocycles. The van der Waals surface area contributed by atoms with Crippen LogP contribution in [-0.4, -0.2) is 33.7 Å². The maximum atomic E-state index is 11.9. The highest BCUT2D eigenvalue weighted by Gasteiger charge is 2.19. The van der Waals surface area contributed by atoms with Gasteiger partial charge in [-0.1, -0.05) is 0 Å². The number of hydrazone groups is 1. The number of nitro groups is 1. The van der Waals surface area contributed by atoms with Gasteiger partial charge in [-0.05, 0) is 32.0 Å². The fourth-order valence-electron chi connectivity index (χ4n) is 1.93. The Bertz CT molecular complexity index is 818. The van der Waals surface area contributed by atoms with Gasteiger partial charge in [0.2, 0.25) is 5.75 Å². The number of amides is 1. The molecule has 1 aromatic heterocycles. The van der Waals surface area contributed by atoms with Crippen LogP contribution >= 0.6 is 0 Å². The Morgan fingerprint density at radius 3 is 2.84 bits per heavy atom. The summed E-state index contributed by atoms with van der Waals surface area (Å²) in [5.41, 5.74) is 3.18. The summed E-state index contributed by atoms with van der Waals surface area (Å²) in [6, 6.07) is 5.80. The summed E-state index contributed by atoms with van der Waals surface area (Å²) in [5.74, 6) is -1.06. The molecule has 1 heterocycles. The van der Waals surface area contributed by atoms with Crippen LogP contribution in [0.15, 0.2) is 35.6 Å². The highest BCUT2D eigenvalue weighted by atomic mass is 16.6. The van der Waals surface area contributed by atoms with Gasteiger partial charge in [0.25, 0.3) is 5.91 Å². The molecule has 2 rings (SSSR count). The molecule has 2 aromatic rings. The lowest BCUT2D eigenvalue weighted by molar-refractivity contribution is -0.386. The molecule has 130 valence electrons. The highest BCUT2D eigenvalue weighted by molar-refractivity contribution is 5.94. The summed E-state index contributed by atoms with van der Waals surface area (Å²) >= 11 is 0. The van der Waals surface area contributed by atoms with Gasteiger partial charge in [0, 0.05) is 23.5 Å². The van der Waals surface area contributed by atoms with Crippen LogP contribution in [0.5, 0.6) is 11.5 Å². The molecule has 0 aliphatic rings. The molecule has 25 heavy (non-hydrogen) atoms. The number of nitrogens with zero attached hydrogens (tertiary/aromatic N) is 3. The normalized spacial score (nSPS) is 10.6. The second kappa shape index (κ2) is 7.86. The summed E-state index contributed by atoms with van der Waals surface area (Å²) in [5, 5.41) is 24.6. The monoisotopic (exact) mass is 344 g/mol. The molecule has 0 spiro atoms. The van der Waals surface area contributed by atoms with Gasteiger partial charge in [0.1, 0.15) is 0 Å². The van der Waals surface area contributed by atoms with Gasteiger partial charge in [-0.15, -0.1) is 0 Å². The van der Waals surface area contributed by atoms with Crippen molar-refractivity contribution in [1.82, 2.24) is 10.4 Å². The molecule has 0 unspecified atom stereocenters. The number of phenols is 1. The number of benzene rings is 1. The van der Waals surface area contributed by atoms with Gasteiger partial charge in [0.05, 0.1) is 23.3 Å². The van der Waals surface area contributed by atoms with Crippen LogP contribution in [0, 0.1) is 17.0 Å². The van der Waals surface area contributed by atoms with E-state index in [1.54, 1.807) is 26.0 Å². The molecule has 0 saturated carbocycles. The van der Waals surface area contributed by atoms with E-state index in [1.165, 1.54) is 18.5 Å². The van der Waals surface area contributed by atoms with E-state index >= 15 is 0 Å². The van der Waals surface area contributed by atoms with Crippen LogP contribution in [0.1, 0.15) is 28.5 Å². The molecule has 1 amide bonds. The summed E-state index contributed by atoms with van der Waals surface area (Å²) < 4.78 is 5.16. The topological polar surface area (TPSA) is 127 Å². The first-order chi connectivity index (χ1) is 11.9. The highest BCUT2D eigenvalue weighted by Crippen LogP contribution is 2.36. The maximum Gasteiger partial charge on any atom is 0.315 e. The van der Waals surface area contributed by atoms with E-state index in [0.717, 1.165) is 11.8 Å². The molecule has 9 heteroatoms. The van der Waals surface area contributed by atoms with Crippen molar-refractivity contribution in [2.24, 2.45) is 5.10 Å². The van der Waals surface area contributed by atoms with Crippen molar-refractivity contribution < 1.29 is 19.6 Å². The number of rotatable bonds is 6. The van der Waals surface area contributed by atoms with Crippen molar-refractivity contribution in [1.29, 1.82) is 0 Å². The van der Waals surface area contributed by atoms with Crippen LogP contribution in [0.3, 0.4) is 0 Å². The van der Waals surface area contributed by atoms with Gasteiger partial charge >= 0.3 is 5.69 Å². The first-order valence-corrected chi connectivity index (χ1v) is 7.32. The number of ether oxygens (including phenoxy) is 1.